The average Bonchev–Trinajstić information content (AvgIpc) is 2.96. The fourth-order valence-electron chi connectivity index (χ4n) is 1.86. The van der Waals surface area contributed by atoms with Gasteiger partial charge in [0, 0.05) is 11.6 Å². The lowest BCUT2D eigenvalue weighted by atomic mass is 9.76. The first-order chi connectivity index (χ1) is 11.4. The number of hydrogen-bond acceptors (Lipinski definition) is 4. The van der Waals surface area contributed by atoms with Gasteiger partial charge in [0.1, 0.15) is 23.9 Å². The van der Waals surface area contributed by atoms with Crippen molar-refractivity contribution < 1.29 is 18.3 Å². The van der Waals surface area contributed by atoms with Gasteiger partial charge in [-0.3, -0.25) is 0 Å². The molecule has 0 saturated carbocycles. The Kier molecular flexibility index (Phi) is 5.11. The van der Waals surface area contributed by atoms with Gasteiger partial charge in [-0.05, 0) is 12.0 Å². The quantitative estimate of drug-likeness (QED) is 0.822. The molecule has 1 atom stereocenters. The SMILES string of the molecule is CC(C)(C)C(O)(C#Cc1ncc(C(F)(F)F)cc1Cl)Cn1cncn1. The minimum Gasteiger partial charge on any atom is -0.375 e. The number of alkyl halides is 3. The third-order valence-corrected chi connectivity index (χ3v) is 3.94. The molecule has 9 heteroatoms. The van der Waals surface area contributed by atoms with Gasteiger partial charge < -0.3 is 5.11 Å². The maximum absolute atomic E-state index is 12.7. The summed E-state index contributed by atoms with van der Waals surface area (Å²) in [5.74, 6) is 5.26. The Morgan fingerprint density at radius 3 is 2.44 bits per heavy atom. The molecule has 134 valence electrons. The number of aromatic nitrogens is 4. The molecule has 0 aromatic carbocycles. The van der Waals surface area contributed by atoms with Crippen LogP contribution in [0, 0.1) is 17.3 Å². The van der Waals surface area contributed by atoms with Crippen molar-refractivity contribution in [1.29, 1.82) is 0 Å². The van der Waals surface area contributed by atoms with Gasteiger partial charge in [-0.25, -0.2) is 14.6 Å². The Balaban J connectivity index is 2.38. The predicted molar refractivity (Wildman–Crippen MR) is 85.6 cm³/mol. The van der Waals surface area contributed by atoms with Gasteiger partial charge in [-0.2, -0.15) is 18.3 Å². The van der Waals surface area contributed by atoms with E-state index in [2.05, 4.69) is 26.9 Å². The zero-order valence-electron chi connectivity index (χ0n) is 13.8. The molecule has 0 amide bonds. The van der Waals surface area contributed by atoms with Crippen LogP contribution in [-0.2, 0) is 12.7 Å². The van der Waals surface area contributed by atoms with E-state index in [4.69, 9.17) is 11.6 Å². The fourth-order valence-corrected chi connectivity index (χ4v) is 2.07. The largest absolute Gasteiger partial charge is 0.417 e. The lowest BCUT2D eigenvalue weighted by Crippen LogP contribution is -2.45. The van der Waals surface area contributed by atoms with E-state index >= 15 is 0 Å². The van der Waals surface area contributed by atoms with Gasteiger partial charge in [0.2, 0.25) is 0 Å². The molecule has 0 radical (unpaired) electrons. The van der Waals surface area contributed by atoms with Crippen molar-refractivity contribution in [1.82, 2.24) is 19.7 Å². The van der Waals surface area contributed by atoms with Crippen molar-refractivity contribution in [2.75, 3.05) is 0 Å². The second-order valence-corrected chi connectivity index (χ2v) is 6.91. The van der Waals surface area contributed by atoms with Gasteiger partial charge >= 0.3 is 6.18 Å². The highest BCUT2D eigenvalue weighted by Gasteiger charge is 2.39. The first-order valence-electron chi connectivity index (χ1n) is 7.23. The predicted octanol–water partition coefficient (Wildman–Crippen LogP) is 3.17. The van der Waals surface area contributed by atoms with Crippen LogP contribution >= 0.6 is 11.6 Å². The van der Waals surface area contributed by atoms with Gasteiger partial charge in [0.25, 0.3) is 0 Å². The van der Waals surface area contributed by atoms with Crippen LogP contribution < -0.4 is 0 Å². The summed E-state index contributed by atoms with van der Waals surface area (Å²) >= 11 is 5.85. The van der Waals surface area contributed by atoms with E-state index in [0.717, 1.165) is 6.07 Å². The van der Waals surface area contributed by atoms with Crippen LogP contribution in [0.2, 0.25) is 5.02 Å². The normalized spacial score (nSPS) is 14.6. The highest BCUT2D eigenvalue weighted by molar-refractivity contribution is 6.31. The van der Waals surface area contributed by atoms with Crippen LogP contribution in [0.1, 0.15) is 32.0 Å². The summed E-state index contributed by atoms with van der Waals surface area (Å²) in [6, 6.07) is 0.756. The van der Waals surface area contributed by atoms with E-state index in [1.54, 1.807) is 20.8 Å². The molecule has 2 aromatic heterocycles. The first-order valence-corrected chi connectivity index (χ1v) is 7.61. The molecule has 0 aliphatic rings. The number of aliphatic hydroxyl groups is 1. The summed E-state index contributed by atoms with van der Waals surface area (Å²) in [5, 5.41) is 14.6. The van der Waals surface area contributed by atoms with E-state index < -0.39 is 22.8 Å². The van der Waals surface area contributed by atoms with Gasteiger partial charge in [0.15, 0.2) is 0 Å². The van der Waals surface area contributed by atoms with Gasteiger partial charge in [0.05, 0.1) is 17.1 Å². The van der Waals surface area contributed by atoms with Crippen LogP contribution in [-0.4, -0.2) is 30.5 Å². The Labute approximate surface area is 147 Å². The van der Waals surface area contributed by atoms with Gasteiger partial charge in [-0.1, -0.05) is 38.3 Å². The molecule has 1 N–H and O–H groups in total. The summed E-state index contributed by atoms with van der Waals surface area (Å²) in [6.45, 7) is 5.36. The van der Waals surface area contributed by atoms with Crippen LogP contribution in [0.3, 0.4) is 0 Å². The number of pyridine rings is 1. The van der Waals surface area contributed by atoms with Crippen molar-refractivity contribution in [3.05, 3.63) is 41.2 Å². The number of nitrogens with zero attached hydrogens (tertiary/aromatic N) is 4. The smallest absolute Gasteiger partial charge is 0.375 e. The highest BCUT2D eigenvalue weighted by atomic mass is 35.5. The number of rotatable bonds is 2. The molecule has 0 bridgehead atoms. The lowest BCUT2D eigenvalue weighted by molar-refractivity contribution is -0.137. The Hall–Kier alpha value is -2.11. The van der Waals surface area contributed by atoms with E-state index in [1.807, 2.05) is 0 Å². The van der Waals surface area contributed by atoms with E-state index in [9.17, 15) is 18.3 Å². The zero-order valence-corrected chi connectivity index (χ0v) is 14.5. The summed E-state index contributed by atoms with van der Waals surface area (Å²) in [4.78, 5) is 7.46. The van der Waals surface area contributed by atoms with Crippen molar-refractivity contribution >= 4 is 11.6 Å². The molecular weight excluding hydrogens is 357 g/mol. The lowest BCUT2D eigenvalue weighted by Gasteiger charge is -2.35. The Morgan fingerprint density at radius 1 is 1.28 bits per heavy atom. The second kappa shape index (κ2) is 6.65. The van der Waals surface area contributed by atoms with E-state index in [-0.39, 0.29) is 17.3 Å². The molecule has 25 heavy (non-hydrogen) atoms. The molecule has 0 aliphatic heterocycles. The standard InChI is InChI=1S/C16H16ClF3N4O/c1-14(2,3)15(25,8-24-10-21-9-23-24)5-4-13-12(17)6-11(7-22-13)16(18,19)20/h6-7,9-10,25H,8H2,1-3H3. The van der Waals surface area contributed by atoms with Crippen LogP contribution in [0.15, 0.2) is 24.9 Å². The molecule has 0 saturated heterocycles. The topological polar surface area (TPSA) is 63.8 Å². The van der Waals surface area contributed by atoms with Crippen LogP contribution in [0.4, 0.5) is 13.2 Å². The maximum Gasteiger partial charge on any atom is 0.417 e. The summed E-state index contributed by atoms with van der Waals surface area (Å²) in [7, 11) is 0. The van der Waals surface area contributed by atoms with Crippen molar-refractivity contribution in [2.24, 2.45) is 5.41 Å². The minimum absolute atomic E-state index is 0.0295. The highest BCUT2D eigenvalue weighted by Crippen LogP contribution is 2.33. The third kappa shape index (κ3) is 4.50. The fraction of sp³-hybridized carbons (Fsp3) is 0.438. The van der Waals surface area contributed by atoms with Crippen LogP contribution in [0.25, 0.3) is 0 Å². The Bertz CT molecular complexity index is 804. The van der Waals surface area contributed by atoms with Crippen molar-refractivity contribution in [3.8, 4) is 11.8 Å². The number of hydrogen-bond donors (Lipinski definition) is 1. The van der Waals surface area contributed by atoms with Crippen LogP contribution in [0.5, 0.6) is 0 Å². The third-order valence-electron chi connectivity index (χ3n) is 3.65. The molecule has 2 aromatic rings. The molecular formula is C16H16ClF3N4O. The molecule has 0 spiro atoms. The summed E-state index contributed by atoms with van der Waals surface area (Å²) in [6.07, 6.45) is -1.13. The zero-order chi connectivity index (χ0) is 18.9. The summed E-state index contributed by atoms with van der Waals surface area (Å²) < 4.78 is 39.4. The monoisotopic (exact) mass is 372 g/mol. The first kappa shape index (κ1) is 19.2. The molecule has 2 heterocycles. The van der Waals surface area contributed by atoms with Crippen molar-refractivity contribution in [2.45, 2.75) is 39.1 Å². The molecule has 2 rings (SSSR count). The van der Waals surface area contributed by atoms with Gasteiger partial charge in [-0.15, -0.1) is 0 Å². The molecule has 0 aliphatic carbocycles. The van der Waals surface area contributed by atoms with E-state index in [1.165, 1.54) is 17.3 Å². The summed E-state index contributed by atoms with van der Waals surface area (Å²) in [5.41, 5.74) is -3.22. The van der Waals surface area contributed by atoms with E-state index in [0.29, 0.717) is 6.20 Å². The number of halogens is 4. The molecule has 0 fully saturated rings. The maximum atomic E-state index is 12.7. The molecule has 1 unspecified atom stereocenters. The second-order valence-electron chi connectivity index (χ2n) is 6.51. The average molecular weight is 373 g/mol. The Morgan fingerprint density at radius 2 is 1.96 bits per heavy atom. The minimum atomic E-state index is -4.54. The van der Waals surface area contributed by atoms with Crippen molar-refractivity contribution in [3.63, 3.8) is 0 Å². The molecule has 5 nitrogen and oxygen atoms in total.